The minimum atomic E-state index is -0.270. The van der Waals surface area contributed by atoms with Crippen molar-refractivity contribution in [3.8, 4) is 0 Å². The molecule has 0 heterocycles. The number of hydrogen-bond acceptors (Lipinski definition) is 0. The summed E-state index contributed by atoms with van der Waals surface area (Å²) in [7, 11) is 0. The molecular formula is C8H10. The van der Waals surface area contributed by atoms with Gasteiger partial charge in [0.1, 0.15) is 0 Å². The van der Waals surface area contributed by atoms with Gasteiger partial charge < -0.3 is 0 Å². The van der Waals surface area contributed by atoms with Crippen molar-refractivity contribution in [2.75, 3.05) is 0 Å². The predicted octanol–water partition coefficient (Wildman–Crippen LogP) is 2.30. The zero-order valence-corrected chi connectivity index (χ0v) is 4.41. The Morgan fingerprint density at radius 3 is 1.75 bits per heavy atom. The summed E-state index contributed by atoms with van der Waals surface area (Å²) in [6.45, 7) is -0.540. The van der Waals surface area contributed by atoms with Crippen LogP contribution in [0.1, 0.15) is 19.4 Å². The largest absolute Gasteiger partial charge is 0.0626 e. The highest BCUT2D eigenvalue weighted by Gasteiger charge is 1.79. The highest BCUT2D eigenvalue weighted by atomic mass is 13.9. The minimum Gasteiger partial charge on any atom is -0.0591 e. The van der Waals surface area contributed by atoms with Crippen LogP contribution < -0.4 is 0 Å². The summed E-state index contributed by atoms with van der Waals surface area (Å²) in [6.07, 6.45) is 0. The molecule has 0 fully saturated rings. The molecule has 0 saturated heterocycles. The lowest BCUT2D eigenvalue weighted by molar-refractivity contribution is 1.40. The Morgan fingerprint density at radius 1 is 1.12 bits per heavy atom. The molecular weight excluding hydrogens is 96.1 g/mol. The Morgan fingerprint density at radius 2 is 1.50 bits per heavy atom. The average Bonchev–Trinajstić information content (AvgIpc) is 2.17. The zero-order chi connectivity index (χ0) is 10.9. The van der Waals surface area contributed by atoms with Gasteiger partial charge in [-0.2, -0.15) is 0 Å². The lowest BCUT2D eigenvalue weighted by atomic mass is 10.2. The Balaban J connectivity index is 3.55. The summed E-state index contributed by atoms with van der Waals surface area (Å²) >= 11 is 0. The van der Waals surface area contributed by atoms with Crippen LogP contribution in [0.25, 0.3) is 0 Å². The van der Waals surface area contributed by atoms with E-state index in [1.165, 1.54) is 0 Å². The fourth-order valence-corrected chi connectivity index (χ4v) is 0.364. The van der Waals surface area contributed by atoms with Crippen LogP contribution in [-0.2, 0) is 0 Å². The molecule has 0 aliphatic rings. The Hall–Kier alpha value is -0.780. The molecule has 0 aliphatic heterocycles. The van der Waals surface area contributed by atoms with Gasteiger partial charge in [-0.15, -0.1) is 0 Å². The normalized spacial score (nSPS) is 19.5. The second-order valence-electron chi connectivity index (χ2n) is 1.46. The monoisotopic (exact) mass is 112 g/mol. The molecule has 0 nitrogen and oxygen atoms in total. The van der Waals surface area contributed by atoms with Crippen LogP contribution in [0.5, 0.6) is 0 Å². The molecule has 42 valence electrons. The molecule has 0 aromatic heterocycles. The second-order valence-corrected chi connectivity index (χ2v) is 1.46. The molecule has 1 rings (SSSR count). The molecule has 0 unspecified atom stereocenters. The molecule has 0 bridgehead atoms. The van der Waals surface area contributed by atoms with Crippen molar-refractivity contribution >= 4 is 0 Å². The van der Waals surface area contributed by atoms with Gasteiger partial charge >= 0.3 is 0 Å². The van der Waals surface area contributed by atoms with Crippen LogP contribution in [0, 0.1) is 13.8 Å². The molecule has 0 N–H and O–H groups in total. The summed E-state index contributed by atoms with van der Waals surface area (Å²) in [4.78, 5) is 0. The van der Waals surface area contributed by atoms with Gasteiger partial charge in [0, 0.05) is 2.74 Å². The quantitative estimate of drug-likeness (QED) is 0.483. The number of rotatable bonds is 0. The van der Waals surface area contributed by atoms with E-state index in [-0.39, 0.29) is 49.1 Å². The first kappa shape index (κ1) is 1.60. The third kappa shape index (κ3) is 1.09. The van der Waals surface area contributed by atoms with Crippen molar-refractivity contribution in [2.24, 2.45) is 0 Å². The summed E-state index contributed by atoms with van der Waals surface area (Å²) in [5, 5.41) is 0. The van der Waals surface area contributed by atoms with Crippen molar-refractivity contribution in [3.05, 3.63) is 35.3 Å². The SMILES string of the molecule is [2H]Cc1c([2H])c([2H])c(C[2H])c([2H])c1[2H]. The zero-order valence-electron chi connectivity index (χ0n) is 10.4. The van der Waals surface area contributed by atoms with E-state index in [9.17, 15) is 0 Å². The lowest BCUT2D eigenvalue weighted by Gasteiger charge is -1.90. The molecule has 8 heavy (non-hydrogen) atoms. The van der Waals surface area contributed by atoms with Gasteiger partial charge in [-0.1, -0.05) is 35.3 Å². The fraction of sp³-hybridized carbons (Fsp3) is 0.250. The summed E-state index contributed by atoms with van der Waals surface area (Å²) < 4.78 is 44.1. The average molecular weight is 112 g/mol. The third-order valence-electron chi connectivity index (χ3n) is 0.729. The summed E-state index contributed by atoms with van der Waals surface area (Å²) in [5.41, 5.74) is 0.189. The highest BCUT2D eigenvalue weighted by Crippen LogP contribution is 1.99. The van der Waals surface area contributed by atoms with Gasteiger partial charge in [-0.05, 0) is 13.8 Å². The number of hydrogen-bond donors (Lipinski definition) is 0. The maximum atomic E-state index is 7.48. The van der Waals surface area contributed by atoms with Gasteiger partial charge in [0.15, 0.2) is 0 Å². The molecule has 1 aromatic rings. The first-order valence-electron chi connectivity index (χ1n) is 5.62. The summed E-state index contributed by atoms with van der Waals surface area (Å²) in [5.74, 6) is 0. The van der Waals surface area contributed by atoms with Crippen molar-refractivity contribution in [3.63, 3.8) is 0 Å². The van der Waals surface area contributed by atoms with E-state index < -0.39 is 0 Å². The van der Waals surface area contributed by atoms with Crippen LogP contribution in [0.15, 0.2) is 24.2 Å². The smallest absolute Gasteiger partial charge is 0.0591 e. The van der Waals surface area contributed by atoms with Gasteiger partial charge in [0.2, 0.25) is 0 Å². The van der Waals surface area contributed by atoms with E-state index >= 15 is 0 Å². The fourth-order valence-electron chi connectivity index (χ4n) is 0.364. The molecule has 0 spiro atoms. The molecule has 0 amide bonds. The van der Waals surface area contributed by atoms with E-state index in [1.807, 2.05) is 0 Å². The maximum Gasteiger partial charge on any atom is 0.0626 e. The first-order chi connectivity index (χ1) is 6.54. The van der Waals surface area contributed by atoms with E-state index in [0.717, 1.165) is 0 Å². The molecule has 0 saturated carbocycles. The Labute approximate surface area is 58.6 Å². The van der Waals surface area contributed by atoms with E-state index in [4.69, 9.17) is 8.22 Å². The van der Waals surface area contributed by atoms with Gasteiger partial charge in [-0.3, -0.25) is 0 Å². The Bertz CT molecular complexity index is 295. The summed E-state index contributed by atoms with van der Waals surface area (Å²) in [6, 6.07) is -0.766. The lowest BCUT2D eigenvalue weighted by Crippen LogP contribution is -1.70. The molecule has 0 atom stereocenters. The van der Waals surface area contributed by atoms with Crippen LogP contribution in [0.2, 0.25) is 0 Å². The second kappa shape index (κ2) is 1.99. The van der Waals surface area contributed by atoms with Crippen molar-refractivity contribution in [2.45, 2.75) is 13.8 Å². The predicted molar refractivity (Wildman–Crippen MR) is 35.9 cm³/mol. The topological polar surface area (TPSA) is 0 Å². The molecule has 0 aliphatic carbocycles. The standard InChI is InChI=1S/C8H10/c1-7-3-5-8(2)6-4-7/h3-6H,1-2H3/i1D,2D,3D,4D,5D,6D. The molecule has 0 heteroatoms. The van der Waals surface area contributed by atoms with E-state index in [1.54, 1.807) is 0 Å². The molecule has 0 radical (unpaired) electrons. The van der Waals surface area contributed by atoms with Gasteiger partial charge in [0.25, 0.3) is 0 Å². The van der Waals surface area contributed by atoms with Crippen LogP contribution in [0.4, 0.5) is 0 Å². The minimum absolute atomic E-state index is 0.0946. The van der Waals surface area contributed by atoms with Crippen molar-refractivity contribution in [1.82, 2.24) is 0 Å². The van der Waals surface area contributed by atoms with Crippen LogP contribution in [0.3, 0.4) is 0 Å². The third-order valence-corrected chi connectivity index (χ3v) is 0.729. The van der Waals surface area contributed by atoms with Crippen molar-refractivity contribution < 1.29 is 8.22 Å². The number of benzene rings is 1. The van der Waals surface area contributed by atoms with Crippen LogP contribution in [-0.4, -0.2) is 0 Å². The van der Waals surface area contributed by atoms with Crippen LogP contribution >= 0.6 is 0 Å². The maximum absolute atomic E-state index is 7.48. The van der Waals surface area contributed by atoms with E-state index in [0.29, 0.717) is 0 Å². The van der Waals surface area contributed by atoms with E-state index in [2.05, 4.69) is 0 Å². The van der Waals surface area contributed by atoms with Gasteiger partial charge in [-0.25, -0.2) is 0 Å². The van der Waals surface area contributed by atoms with Crippen molar-refractivity contribution in [1.29, 1.82) is 0 Å². The highest BCUT2D eigenvalue weighted by molar-refractivity contribution is 5.19. The molecule has 1 aromatic carbocycles. The van der Waals surface area contributed by atoms with Gasteiger partial charge in [0.05, 0.1) is 5.48 Å². The Kier molecular flexibility index (Phi) is 0.398. The first-order valence-corrected chi connectivity index (χ1v) is 2.21.